The molecule has 1 aromatic carbocycles. The summed E-state index contributed by atoms with van der Waals surface area (Å²) in [5, 5.41) is 3.74. The van der Waals surface area contributed by atoms with Gasteiger partial charge in [0.05, 0.1) is 12.6 Å². The van der Waals surface area contributed by atoms with Crippen molar-refractivity contribution >= 4 is 29.0 Å². The second kappa shape index (κ2) is 9.06. The minimum atomic E-state index is -0.689. The molecule has 0 spiro atoms. The van der Waals surface area contributed by atoms with E-state index in [1.807, 2.05) is 24.4 Å². The topological polar surface area (TPSA) is 60.3 Å². The monoisotopic (exact) mass is 342 g/mol. The number of unbranched alkanes of at least 4 members (excludes halogenated alkanes) is 2. The second-order valence-electron chi connectivity index (χ2n) is 6.09. The summed E-state index contributed by atoms with van der Waals surface area (Å²) in [6, 6.07) is 7.36. The molecule has 5 heteroatoms. The van der Waals surface area contributed by atoms with E-state index in [0.29, 0.717) is 6.42 Å². The highest BCUT2D eigenvalue weighted by atomic mass is 16.5. The lowest BCUT2D eigenvalue weighted by atomic mass is 10.1. The molecule has 0 radical (unpaired) electrons. The van der Waals surface area contributed by atoms with Crippen LogP contribution in [0.25, 0.3) is 17.1 Å². The number of carbonyl (C=O) groups excluding carboxylic acids is 2. The van der Waals surface area contributed by atoms with Crippen LogP contribution < -0.4 is 5.32 Å². The number of carbonyl (C=O) groups is 2. The summed E-state index contributed by atoms with van der Waals surface area (Å²) in [4.78, 5) is 23.4. The van der Waals surface area contributed by atoms with Crippen molar-refractivity contribution in [3.8, 4) is 0 Å². The second-order valence-corrected chi connectivity index (χ2v) is 6.09. The highest BCUT2D eigenvalue weighted by Gasteiger charge is 2.22. The highest BCUT2D eigenvalue weighted by molar-refractivity contribution is 5.88. The maximum Gasteiger partial charge on any atom is 0.328 e. The Kier molecular flexibility index (Phi) is 6.81. The predicted octanol–water partition coefficient (Wildman–Crippen LogP) is 3.52. The average molecular weight is 342 g/mol. The Hall–Kier alpha value is -2.56. The zero-order chi connectivity index (χ0) is 18.2. The van der Waals surface area contributed by atoms with Crippen molar-refractivity contribution in [1.82, 2.24) is 9.88 Å². The first-order valence-electron chi connectivity index (χ1n) is 8.66. The molecule has 0 saturated carbocycles. The van der Waals surface area contributed by atoms with Crippen molar-refractivity contribution in [3.05, 3.63) is 42.1 Å². The first-order valence-corrected chi connectivity index (χ1v) is 8.66. The quantitative estimate of drug-likeness (QED) is 0.590. The number of hydrogen-bond acceptors (Lipinski definition) is 3. The minimum Gasteiger partial charge on any atom is -0.467 e. The molecule has 0 aliphatic heterocycles. The van der Waals surface area contributed by atoms with Gasteiger partial charge in [-0.3, -0.25) is 4.79 Å². The van der Waals surface area contributed by atoms with Crippen LogP contribution in [0.1, 0.15) is 38.7 Å². The predicted molar refractivity (Wildman–Crippen MR) is 100 cm³/mol. The average Bonchev–Trinajstić information content (AvgIpc) is 2.95. The van der Waals surface area contributed by atoms with Crippen molar-refractivity contribution in [1.29, 1.82) is 0 Å². The van der Waals surface area contributed by atoms with Gasteiger partial charge < -0.3 is 14.6 Å². The molecule has 0 saturated heterocycles. The molecule has 2 rings (SSSR count). The third kappa shape index (κ3) is 4.95. The van der Waals surface area contributed by atoms with Crippen LogP contribution >= 0.6 is 0 Å². The molecule has 1 heterocycles. The summed E-state index contributed by atoms with van der Waals surface area (Å²) in [5.41, 5.74) is 2.08. The van der Waals surface area contributed by atoms with E-state index < -0.39 is 12.0 Å². The zero-order valence-corrected chi connectivity index (χ0v) is 15.1. The smallest absolute Gasteiger partial charge is 0.328 e. The van der Waals surface area contributed by atoms with Crippen LogP contribution in [0.5, 0.6) is 0 Å². The number of nitrogens with zero attached hydrogens (tertiary/aromatic N) is 1. The largest absolute Gasteiger partial charge is 0.467 e. The van der Waals surface area contributed by atoms with Crippen LogP contribution in [-0.2, 0) is 20.7 Å². The molecule has 0 fully saturated rings. The first-order chi connectivity index (χ1) is 12.1. The molecule has 0 unspecified atom stereocenters. The van der Waals surface area contributed by atoms with Gasteiger partial charge >= 0.3 is 5.97 Å². The Bertz CT molecular complexity index is 761. The first kappa shape index (κ1) is 18.8. The molecular weight excluding hydrogens is 316 g/mol. The Morgan fingerprint density at radius 1 is 1.32 bits per heavy atom. The van der Waals surface area contributed by atoms with Crippen molar-refractivity contribution in [2.24, 2.45) is 0 Å². The number of ether oxygens (including phenoxy) is 1. The van der Waals surface area contributed by atoms with E-state index in [1.165, 1.54) is 20.5 Å². The number of benzene rings is 1. The molecule has 0 bridgehead atoms. The molecule has 1 atom stereocenters. The maximum atomic E-state index is 12.0. The Labute approximate surface area is 148 Å². The number of nitrogens with one attached hydrogen (secondary N) is 1. The van der Waals surface area contributed by atoms with E-state index in [9.17, 15) is 9.59 Å². The van der Waals surface area contributed by atoms with Crippen LogP contribution in [0.2, 0.25) is 0 Å². The Morgan fingerprint density at radius 2 is 2.08 bits per heavy atom. The number of aromatic nitrogens is 1. The summed E-state index contributed by atoms with van der Waals surface area (Å²) < 4.78 is 6.89. The van der Waals surface area contributed by atoms with Crippen molar-refractivity contribution in [2.45, 2.75) is 45.6 Å². The molecule has 134 valence electrons. The molecular formula is C20H26N2O3. The molecule has 1 aromatic heterocycles. The zero-order valence-electron chi connectivity index (χ0n) is 15.1. The number of rotatable bonds is 8. The SMILES string of the molecule is CCCCC=Cn1cc(C[C@H](NC(C)=O)C(=O)OC)c2ccccc21. The van der Waals surface area contributed by atoms with E-state index in [1.54, 1.807) is 0 Å². The molecule has 0 aliphatic rings. The third-order valence-electron chi connectivity index (χ3n) is 4.10. The van der Waals surface area contributed by atoms with Gasteiger partial charge in [0.25, 0.3) is 0 Å². The van der Waals surface area contributed by atoms with E-state index in [0.717, 1.165) is 29.3 Å². The van der Waals surface area contributed by atoms with Crippen LogP contribution in [0.4, 0.5) is 0 Å². The van der Waals surface area contributed by atoms with Crippen molar-refractivity contribution < 1.29 is 14.3 Å². The third-order valence-corrected chi connectivity index (χ3v) is 4.10. The van der Waals surface area contributed by atoms with Gasteiger partial charge in [-0.05, 0) is 18.1 Å². The maximum absolute atomic E-state index is 12.0. The van der Waals surface area contributed by atoms with Crippen LogP contribution in [0.3, 0.4) is 0 Å². The van der Waals surface area contributed by atoms with Crippen LogP contribution in [0, 0.1) is 0 Å². The van der Waals surface area contributed by atoms with E-state index >= 15 is 0 Å². The molecule has 1 amide bonds. The highest BCUT2D eigenvalue weighted by Crippen LogP contribution is 2.23. The van der Waals surface area contributed by atoms with Gasteiger partial charge in [0.15, 0.2) is 0 Å². The number of fused-ring (bicyclic) bond motifs is 1. The van der Waals surface area contributed by atoms with Gasteiger partial charge in [-0.2, -0.15) is 0 Å². The Balaban J connectivity index is 2.32. The molecule has 5 nitrogen and oxygen atoms in total. The minimum absolute atomic E-state index is 0.251. The summed E-state index contributed by atoms with van der Waals surface area (Å²) in [6.07, 6.45) is 10.00. The van der Waals surface area contributed by atoms with Gasteiger partial charge in [0, 0.05) is 31.1 Å². The van der Waals surface area contributed by atoms with Crippen molar-refractivity contribution in [2.75, 3.05) is 7.11 Å². The summed E-state index contributed by atoms with van der Waals surface area (Å²) in [5.74, 6) is -0.691. The molecule has 2 aromatic rings. The lowest BCUT2D eigenvalue weighted by Crippen LogP contribution is -2.41. The fourth-order valence-corrected chi connectivity index (χ4v) is 2.87. The summed E-state index contributed by atoms with van der Waals surface area (Å²) in [6.45, 7) is 3.57. The summed E-state index contributed by atoms with van der Waals surface area (Å²) >= 11 is 0. The standard InChI is InChI=1S/C20H26N2O3/c1-4-5-6-9-12-22-14-16(17-10-7-8-11-19(17)22)13-18(20(24)25-3)21-15(2)23/h7-12,14,18H,4-6,13H2,1-3H3,(H,21,23)/t18-/m0/s1. The van der Waals surface area contributed by atoms with E-state index in [-0.39, 0.29) is 5.91 Å². The van der Waals surface area contributed by atoms with Gasteiger partial charge in [0.1, 0.15) is 6.04 Å². The Morgan fingerprint density at radius 3 is 2.76 bits per heavy atom. The normalized spacial score (nSPS) is 12.4. The van der Waals surface area contributed by atoms with Gasteiger partial charge in [-0.1, -0.05) is 44.0 Å². The fraction of sp³-hybridized carbons (Fsp3) is 0.400. The fourth-order valence-electron chi connectivity index (χ4n) is 2.87. The van der Waals surface area contributed by atoms with Gasteiger partial charge in [-0.15, -0.1) is 0 Å². The number of amides is 1. The summed E-state index contributed by atoms with van der Waals surface area (Å²) in [7, 11) is 1.33. The number of para-hydroxylation sites is 1. The number of esters is 1. The number of methoxy groups -OCH3 is 1. The lowest BCUT2D eigenvalue weighted by Gasteiger charge is -2.14. The molecule has 25 heavy (non-hydrogen) atoms. The van der Waals surface area contributed by atoms with Crippen LogP contribution in [0.15, 0.2) is 36.5 Å². The lowest BCUT2D eigenvalue weighted by molar-refractivity contribution is -0.144. The van der Waals surface area contributed by atoms with Gasteiger partial charge in [-0.25, -0.2) is 4.79 Å². The van der Waals surface area contributed by atoms with E-state index in [4.69, 9.17) is 4.74 Å². The number of allylic oxidation sites excluding steroid dienone is 1. The molecule has 0 aliphatic carbocycles. The van der Waals surface area contributed by atoms with Gasteiger partial charge in [0.2, 0.25) is 5.91 Å². The number of hydrogen-bond donors (Lipinski definition) is 1. The van der Waals surface area contributed by atoms with Crippen LogP contribution in [-0.4, -0.2) is 29.6 Å². The van der Waals surface area contributed by atoms with E-state index in [2.05, 4.69) is 35.1 Å². The van der Waals surface area contributed by atoms with Crippen molar-refractivity contribution in [3.63, 3.8) is 0 Å². The molecule has 1 N–H and O–H groups in total.